The molecule has 2 aliphatic heterocycles. The van der Waals surface area contributed by atoms with E-state index in [-0.39, 0.29) is 17.6 Å². The molecule has 2 atom stereocenters. The summed E-state index contributed by atoms with van der Waals surface area (Å²) in [5.74, 6) is 0.506. The van der Waals surface area contributed by atoms with Crippen LogP contribution in [0, 0.1) is 0 Å². The molecule has 1 aromatic carbocycles. The van der Waals surface area contributed by atoms with Crippen LogP contribution in [0.1, 0.15) is 33.9 Å². The number of hydrogen-bond donors (Lipinski definition) is 2. The summed E-state index contributed by atoms with van der Waals surface area (Å²) in [5.41, 5.74) is 1.96. The van der Waals surface area contributed by atoms with Crippen LogP contribution in [0.15, 0.2) is 65.2 Å². The van der Waals surface area contributed by atoms with Gasteiger partial charge in [0, 0.05) is 37.9 Å². The molecule has 5 rings (SSSR count). The van der Waals surface area contributed by atoms with E-state index in [4.69, 9.17) is 26.5 Å². The van der Waals surface area contributed by atoms with Crippen molar-refractivity contribution in [2.75, 3.05) is 39.4 Å². The Hall–Kier alpha value is -3.27. The number of thiocarbonyl (C=S) groups is 1. The van der Waals surface area contributed by atoms with E-state index in [1.165, 1.54) is 0 Å². The van der Waals surface area contributed by atoms with Crippen molar-refractivity contribution in [2.45, 2.75) is 12.1 Å². The smallest absolute Gasteiger partial charge is 0.335 e. The van der Waals surface area contributed by atoms with Crippen LogP contribution in [0.25, 0.3) is 11.3 Å². The Bertz CT molecular complexity index is 1150. The third-order valence-corrected chi connectivity index (χ3v) is 6.65. The maximum atomic E-state index is 11.2. The Balaban J connectivity index is 1.43. The monoisotopic (exact) mass is 478 g/mol. The van der Waals surface area contributed by atoms with Crippen LogP contribution in [-0.2, 0) is 4.74 Å². The predicted molar refractivity (Wildman–Crippen MR) is 131 cm³/mol. The fourth-order valence-electron chi connectivity index (χ4n) is 4.47. The summed E-state index contributed by atoms with van der Waals surface area (Å²) in [7, 11) is 0. The summed E-state index contributed by atoms with van der Waals surface area (Å²) in [6, 6.07) is 16.1. The fraction of sp³-hybridized carbons (Fsp3) is 0.320. The van der Waals surface area contributed by atoms with Gasteiger partial charge in [0.1, 0.15) is 17.6 Å². The molecule has 0 unspecified atom stereocenters. The second-order valence-corrected chi connectivity index (χ2v) is 8.75. The molecule has 3 aromatic rings. The average molecular weight is 479 g/mol. The molecule has 2 N–H and O–H groups in total. The molecule has 4 heterocycles. The third-order valence-electron chi connectivity index (χ3n) is 6.29. The molecular formula is C25H26N4O4S. The molecule has 0 bridgehead atoms. The zero-order valence-corrected chi connectivity index (χ0v) is 19.4. The summed E-state index contributed by atoms with van der Waals surface area (Å²) < 4.78 is 11.8. The highest BCUT2D eigenvalue weighted by Crippen LogP contribution is 2.40. The number of morpholine rings is 1. The first-order chi connectivity index (χ1) is 16.6. The van der Waals surface area contributed by atoms with Gasteiger partial charge in [0.2, 0.25) is 0 Å². The lowest BCUT2D eigenvalue weighted by Crippen LogP contribution is -2.42. The van der Waals surface area contributed by atoms with E-state index in [2.05, 4.69) is 20.1 Å². The molecule has 9 heteroatoms. The van der Waals surface area contributed by atoms with E-state index in [1.54, 1.807) is 30.5 Å². The van der Waals surface area contributed by atoms with Crippen molar-refractivity contribution in [1.82, 2.24) is 20.1 Å². The summed E-state index contributed by atoms with van der Waals surface area (Å²) in [6.07, 6.45) is 1.78. The van der Waals surface area contributed by atoms with Crippen molar-refractivity contribution >= 4 is 23.3 Å². The Kier molecular flexibility index (Phi) is 6.57. The quantitative estimate of drug-likeness (QED) is 0.496. The van der Waals surface area contributed by atoms with Gasteiger partial charge in [0.25, 0.3) is 0 Å². The minimum absolute atomic E-state index is 0.147. The molecule has 2 aromatic heterocycles. The second-order valence-electron chi connectivity index (χ2n) is 8.36. The minimum Gasteiger partial charge on any atom is -0.478 e. The van der Waals surface area contributed by atoms with E-state index in [0.717, 1.165) is 56.4 Å². The molecular weight excluding hydrogens is 452 g/mol. The lowest BCUT2D eigenvalue weighted by atomic mass is 10.0. The van der Waals surface area contributed by atoms with Gasteiger partial charge < -0.3 is 24.5 Å². The first kappa shape index (κ1) is 22.5. The first-order valence-corrected chi connectivity index (χ1v) is 11.7. The van der Waals surface area contributed by atoms with E-state index in [0.29, 0.717) is 10.9 Å². The number of furan rings is 1. The van der Waals surface area contributed by atoms with Gasteiger partial charge in [-0.2, -0.15) is 0 Å². The first-order valence-electron chi connectivity index (χ1n) is 11.3. The third kappa shape index (κ3) is 4.68. The fourth-order valence-corrected chi connectivity index (χ4v) is 4.81. The average Bonchev–Trinajstić information content (AvgIpc) is 3.48. The molecule has 2 aliphatic rings. The van der Waals surface area contributed by atoms with Gasteiger partial charge in [-0.05, 0) is 48.6 Å². The maximum absolute atomic E-state index is 11.2. The van der Waals surface area contributed by atoms with E-state index in [9.17, 15) is 4.79 Å². The van der Waals surface area contributed by atoms with Crippen LogP contribution >= 0.6 is 12.2 Å². The number of aromatic nitrogens is 1. The van der Waals surface area contributed by atoms with Gasteiger partial charge in [0.05, 0.1) is 30.5 Å². The number of aromatic carboxylic acids is 1. The SMILES string of the molecule is O=C(O)c1ccc(-c2ccc([C@H]3[C@@H](c4ccccn4)NC(=S)N3CCN3CCOCC3)o2)cc1. The molecule has 0 saturated carbocycles. The second kappa shape index (κ2) is 9.92. The van der Waals surface area contributed by atoms with Crippen LogP contribution in [0.3, 0.4) is 0 Å². The Morgan fingerprint density at radius 2 is 1.88 bits per heavy atom. The molecule has 176 valence electrons. The lowest BCUT2D eigenvalue weighted by Gasteiger charge is -2.31. The molecule has 0 aliphatic carbocycles. The highest BCUT2D eigenvalue weighted by Gasteiger charge is 2.41. The number of rotatable bonds is 7. The molecule has 2 fully saturated rings. The molecule has 34 heavy (non-hydrogen) atoms. The Morgan fingerprint density at radius 3 is 2.59 bits per heavy atom. The van der Waals surface area contributed by atoms with E-state index in [1.807, 2.05) is 30.3 Å². The van der Waals surface area contributed by atoms with Crippen LogP contribution in [0.5, 0.6) is 0 Å². The number of carbonyl (C=O) groups is 1. The molecule has 0 amide bonds. The van der Waals surface area contributed by atoms with E-state index < -0.39 is 5.97 Å². The Morgan fingerprint density at radius 1 is 1.09 bits per heavy atom. The number of hydrogen-bond acceptors (Lipinski definition) is 6. The summed E-state index contributed by atoms with van der Waals surface area (Å²) in [4.78, 5) is 20.3. The van der Waals surface area contributed by atoms with Crippen molar-refractivity contribution in [3.8, 4) is 11.3 Å². The van der Waals surface area contributed by atoms with E-state index >= 15 is 0 Å². The van der Waals surface area contributed by atoms with Gasteiger partial charge in [-0.25, -0.2) is 4.79 Å². The van der Waals surface area contributed by atoms with Crippen molar-refractivity contribution in [2.24, 2.45) is 0 Å². The maximum Gasteiger partial charge on any atom is 0.335 e. The van der Waals surface area contributed by atoms with Crippen LogP contribution in [-0.4, -0.2) is 70.4 Å². The topological polar surface area (TPSA) is 91.1 Å². The normalized spacial score (nSPS) is 20.9. The number of pyridine rings is 1. The van der Waals surface area contributed by atoms with Crippen molar-refractivity contribution < 1.29 is 19.1 Å². The van der Waals surface area contributed by atoms with Crippen molar-refractivity contribution in [3.05, 3.63) is 77.8 Å². The minimum atomic E-state index is -0.952. The summed E-state index contributed by atoms with van der Waals surface area (Å²) >= 11 is 5.75. The van der Waals surface area contributed by atoms with Gasteiger partial charge in [-0.1, -0.05) is 18.2 Å². The number of nitrogens with one attached hydrogen (secondary N) is 1. The highest BCUT2D eigenvalue weighted by molar-refractivity contribution is 7.80. The molecule has 8 nitrogen and oxygen atoms in total. The van der Waals surface area contributed by atoms with Gasteiger partial charge >= 0.3 is 5.97 Å². The zero-order valence-electron chi connectivity index (χ0n) is 18.6. The largest absolute Gasteiger partial charge is 0.478 e. The Labute approximate surface area is 203 Å². The van der Waals surface area contributed by atoms with Gasteiger partial charge in [-0.15, -0.1) is 0 Å². The lowest BCUT2D eigenvalue weighted by molar-refractivity contribution is 0.0347. The standard InChI is InChI=1S/C25H26N4O4S/c30-24(31)18-6-4-17(5-7-18)20-8-9-21(33-20)23-22(19-3-1-2-10-26-19)27-25(34)29(23)12-11-28-13-15-32-16-14-28/h1-10,22-23H,11-16H2,(H,27,34)(H,30,31)/t22-,23+/m1/s1. The number of nitrogens with zero attached hydrogens (tertiary/aromatic N) is 3. The number of benzene rings is 1. The predicted octanol–water partition coefficient (Wildman–Crippen LogP) is 3.34. The van der Waals surface area contributed by atoms with Crippen molar-refractivity contribution in [3.63, 3.8) is 0 Å². The summed E-state index contributed by atoms with van der Waals surface area (Å²) in [5, 5.41) is 13.3. The van der Waals surface area contributed by atoms with Crippen LogP contribution < -0.4 is 5.32 Å². The van der Waals surface area contributed by atoms with Crippen LogP contribution in [0.2, 0.25) is 0 Å². The number of carboxylic acid groups (broad SMARTS) is 1. The van der Waals surface area contributed by atoms with Crippen LogP contribution in [0.4, 0.5) is 0 Å². The number of carboxylic acids is 1. The zero-order chi connectivity index (χ0) is 23.5. The summed E-state index contributed by atoms with van der Waals surface area (Å²) in [6.45, 7) is 4.97. The highest BCUT2D eigenvalue weighted by atomic mass is 32.1. The number of ether oxygens (including phenoxy) is 1. The molecule has 0 spiro atoms. The molecule has 2 saturated heterocycles. The van der Waals surface area contributed by atoms with Gasteiger partial charge in [-0.3, -0.25) is 9.88 Å². The molecule has 0 radical (unpaired) electrons. The van der Waals surface area contributed by atoms with Crippen molar-refractivity contribution in [1.29, 1.82) is 0 Å². The van der Waals surface area contributed by atoms with Gasteiger partial charge in [0.15, 0.2) is 5.11 Å².